The van der Waals surface area contributed by atoms with E-state index in [-0.39, 0.29) is 5.69 Å². The van der Waals surface area contributed by atoms with E-state index in [1.165, 1.54) is 23.1 Å². The van der Waals surface area contributed by atoms with Crippen LogP contribution in [0.3, 0.4) is 0 Å². The lowest BCUT2D eigenvalue weighted by atomic mass is 10.4. The number of nitrogens with zero attached hydrogens (tertiary/aromatic N) is 3. The second kappa shape index (κ2) is 3.94. The molecule has 2 aromatic heterocycles. The summed E-state index contributed by atoms with van der Waals surface area (Å²) in [6.07, 6.45) is 0.328. The van der Waals surface area contributed by atoms with Gasteiger partial charge in [0.2, 0.25) is 0 Å². The van der Waals surface area contributed by atoms with Crippen molar-refractivity contribution >= 4 is 11.6 Å². The monoisotopic (exact) mass is 229 g/mol. The van der Waals surface area contributed by atoms with E-state index in [4.69, 9.17) is 11.6 Å². The first-order valence-corrected chi connectivity index (χ1v) is 4.51. The van der Waals surface area contributed by atoms with Gasteiger partial charge in [0.1, 0.15) is 5.69 Å². The van der Waals surface area contributed by atoms with E-state index in [1.807, 2.05) is 0 Å². The van der Waals surface area contributed by atoms with Crippen molar-refractivity contribution in [3.8, 4) is 5.82 Å². The summed E-state index contributed by atoms with van der Waals surface area (Å²) in [5, 5.41) is 4.02. The maximum absolute atomic E-state index is 12.3. The van der Waals surface area contributed by atoms with E-state index < -0.39 is 6.43 Å². The molecule has 6 heteroatoms. The molecular weight excluding hydrogens is 224 g/mol. The van der Waals surface area contributed by atoms with Gasteiger partial charge in [0.05, 0.1) is 5.02 Å². The molecule has 0 fully saturated rings. The molecule has 0 aliphatic heterocycles. The Hall–Kier alpha value is -1.49. The largest absolute Gasteiger partial charge is 0.282 e. The molecule has 78 valence electrons. The predicted octanol–water partition coefficient (Wildman–Crippen LogP) is 2.86. The molecule has 0 bridgehead atoms. The van der Waals surface area contributed by atoms with Crippen molar-refractivity contribution in [1.82, 2.24) is 14.8 Å². The van der Waals surface area contributed by atoms with E-state index in [9.17, 15) is 8.78 Å². The van der Waals surface area contributed by atoms with Crippen molar-refractivity contribution in [1.29, 1.82) is 0 Å². The SMILES string of the molecule is FC(F)c1ccn(-c2ncccc2Cl)n1. The van der Waals surface area contributed by atoms with Crippen LogP contribution in [0.2, 0.25) is 5.02 Å². The van der Waals surface area contributed by atoms with Crippen LogP contribution in [-0.2, 0) is 0 Å². The fourth-order valence-electron chi connectivity index (χ4n) is 1.12. The van der Waals surface area contributed by atoms with Crippen LogP contribution >= 0.6 is 11.6 Å². The summed E-state index contributed by atoms with van der Waals surface area (Å²) in [5.74, 6) is 0.339. The van der Waals surface area contributed by atoms with Gasteiger partial charge in [-0.1, -0.05) is 11.6 Å². The van der Waals surface area contributed by atoms with Crippen LogP contribution in [0.5, 0.6) is 0 Å². The highest BCUT2D eigenvalue weighted by atomic mass is 35.5. The van der Waals surface area contributed by atoms with Gasteiger partial charge in [-0.05, 0) is 18.2 Å². The molecular formula is C9H6ClF2N3. The summed E-state index contributed by atoms with van der Waals surface area (Å²) in [7, 11) is 0. The van der Waals surface area contributed by atoms with Crippen molar-refractivity contribution in [2.45, 2.75) is 6.43 Å². The Kier molecular flexibility index (Phi) is 2.64. The maximum Gasteiger partial charge on any atom is 0.282 e. The zero-order valence-electron chi connectivity index (χ0n) is 7.44. The van der Waals surface area contributed by atoms with Crippen molar-refractivity contribution in [2.24, 2.45) is 0 Å². The van der Waals surface area contributed by atoms with E-state index in [0.717, 1.165) is 0 Å². The molecule has 2 rings (SSSR count). The van der Waals surface area contributed by atoms with Crippen molar-refractivity contribution in [3.05, 3.63) is 41.3 Å². The molecule has 0 aliphatic rings. The smallest absolute Gasteiger partial charge is 0.236 e. The molecule has 2 aromatic rings. The van der Waals surface area contributed by atoms with Gasteiger partial charge in [-0.25, -0.2) is 18.4 Å². The zero-order chi connectivity index (χ0) is 10.8. The zero-order valence-corrected chi connectivity index (χ0v) is 8.20. The second-order valence-electron chi connectivity index (χ2n) is 2.79. The van der Waals surface area contributed by atoms with Crippen LogP contribution in [0, 0.1) is 0 Å². The standard InChI is InChI=1S/C9H6ClF2N3/c10-6-2-1-4-13-9(6)15-5-3-7(14-15)8(11)12/h1-5,8H. The number of hydrogen-bond acceptors (Lipinski definition) is 2. The highest BCUT2D eigenvalue weighted by molar-refractivity contribution is 6.32. The minimum atomic E-state index is -2.59. The molecule has 0 atom stereocenters. The molecule has 0 saturated carbocycles. The fourth-order valence-corrected chi connectivity index (χ4v) is 1.33. The minimum absolute atomic E-state index is 0.295. The Bertz CT molecular complexity index is 470. The van der Waals surface area contributed by atoms with E-state index in [0.29, 0.717) is 10.8 Å². The summed E-state index contributed by atoms with van der Waals surface area (Å²) in [5.41, 5.74) is -0.295. The number of halogens is 3. The Morgan fingerprint density at radius 1 is 1.33 bits per heavy atom. The number of aromatic nitrogens is 3. The van der Waals surface area contributed by atoms with Gasteiger partial charge in [0.15, 0.2) is 5.82 Å². The first-order chi connectivity index (χ1) is 7.18. The Labute approximate surface area is 89.3 Å². The van der Waals surface area contributed by atoms with E-state index >= 15 is 0 Å². The molecule has 0 saturated heterocycles. The quantitative estimate of drug-likeness (QED) is 0.793. The second-order valence-corrected chi connectivity index (χ2v) is 3.20. The lowest BCUT2D eigenvalue weighted by molar-refractivity contribution is 0.145. The van der Waals surface area contributed by atoms with Gasteiger partial charge in [-0.3, -0.25) is 0 Å². The van der Waals surface area contributed by atoms with Gasteiger partial charge < -0.3 is 0 Å². The number of alkyl halides is 2. The van der Waals surface area contributed by atoms with Crippen molar-refractivity contribution < 1.29 is 8.78 Å². The molecule has 0 unspecified atom stereocenters. The van der Waals surface area contributed by atoms with Crippen LogP contribution in [-0.4, -0.2) is 14.8 Å². The molecule has 2 heterocycles. The Balaban J connectivity index is 2.42. The molecule has 3 nitrogen and oxygen atoms in total. The van der Waals surface area contributed by atoms with Gasteiger partial charge in [0.25, 0.3) is 6.43 Å². The lowest BCUT2D eigenvalue weighted by Crippen LogP contribution is -1.99. The molecule has 15 heavy (non-hydrogen) atoms. The molecule has 0 N–H and O–H groups in total. The first kappa shape index (κ1) is 10.0. The Morgan fingerprint density at radius 3 is 2.73 bits per heavy atom. The third kappa shape index (κ3) is 1.97. The average Bonchev–Trinajstić information content (AvgIpc) is 2.67. The van der Waals surface area contributed by atoms with Crippen LogP contribution in [0.4, 0.5) is 8.78 Å². The third-order valence-electron chi connectivity index (χ3n) is 1.79. The molecule has 0 aliphatic carbocycles. The van der Waals surface area contributed by atoms with Gasteiger partial charge in [-0.2, -0.15) is 5.10 Å². The number of hydrogen-bond donors (Lipinski definition) is 0. The van der Waals surface area contributed by atoms with Crippen molar-refractivity contribution in [3.63, 3.8) is 0 Å². The minimum Gasteiger partial charge on any atom is -0.236 e. The predicted molar refractivity (Wildman–Crippen MR) is 51.3 cm³/mol. The van der Waals surface area contributed by atoms with E-state index in [2.05, 4.69) is 10.1 Å². The maximum atomic E-state index is 12.3. The van der Waals surface area contributed by atoms with Gasteiger partial charge >= 0.3 is 0 Å². The van der Waals surface area contributed by atoms with Crippen LogP contribution in [0.25, 0.3) is 5.82 Å². The van der Waals surface area contributed by atoms with Crippen LogP contribution in [0.1, 0.15) is 12.1 Å². The van der Waals surface area contributed by atoms with E-state index in [1.54, 1.807) is 12.1 Å². The topological polar surface area (TPSA) is 30.7 Å². The first-order valence-electron chi connectivity index (χ1n) is 4.13. The molecule has 0 amide bonds. The normalized spacial score (nSPS) is 10.9. The lowest BCUT2D eigenvalue weighted by Gasteiger charge is -2.01. The van der Waals surface area contributed by atoms with Crippen LogP contribution < -0.4 is 0 Å². The number of rotatable bonds is 2. The fraction of sp³-hybridized carbons (Fsp3) is 0.111. The third-order valence-corrected chi connectivity index (χ3v) is 2.08. The molecule has 0 spiro atoms. The summed E-state index contributed by atoms with van der Waals surface area (Å²) in [6.45, 7) is 0. The molecule has 0 radical (unpaired) electrons. The van der Waals surface area contributed by atoms with Gasteiger partial charge in [0, 0.05) is 12.4 Å². The summed E-state index contributed by atoms with van der Waals surface area (Å²) < 4.78 is 25.8. The number of pyridine rings is 1. The Morgan fingerprint density at radius 2 is 2.13 bits per heavy atom. The van der Waals surface area contributed by atoms with Crippen LogP contribution in [0.15, 0.2) is 30.6 Å². The van der Waals surface area contributed by atoms with Crippen molar-refractivity contribution in [2.75, 3.05) is 0 Å². The highest BCUT2D eigenvalue weighted by Crippen LogP contribution is 2.20. The van der Waals surface area contributed by atoms with Gasteiger partial charge in [-0.15, -0.1) is 0 Å². The summed E-state index contributed by atoms with van der Waals surface area (Å²) in [4.78, 5) is 3.94. The average molecular weight is 230 g/mol. The summed E-state index contributed by atoms with van der Waals surface area (Å²) in [6, 6.07) is 4.51. The molecule has 0 aromatic carbocycles. The summed E-state index contributed by atoms with van der Waals surface area (Å²) >= 11 is 5.84. The highest BCUT2D eigenvalue weighted by Gasteiger charge is 2.12.